The van der Waals surface area contributed by atoms with Gasteiger partial charge in [-0.15, -0.1) is 0 Å². The Morgan fingerprint density at radius 1 is 1.27 bits per heavy atom. The van der Waals surface area contributed by atoms with Crippen LogP contribution in [0.1, 0.15) is 43.0 Å². The molecule has 1 N–H and O–H groups in total. The number of benzene rings is 1. The van der Waals surface area contributed by atoms with Gasteiger partial charge in [0.1, 0.15) is 0 Å². The molecule has 1 heterocycles. The predicted molar refractivity (Wildman–Crippen MR) is 98.6 cm³/mol. The first-order valence-corrected chi connectivity index (χ1v) is 10.5. The van der Waals surface area contributed by atoms with Gasteiger partial charge in [0.2, 0.25) is 10.0 Å². The first kappa shape index (κ1) is 19.0. The summed E-state index contributed by atoms with van der Waals surface area (Å²) in [6.45, 7) is 3.53. The summed E-state index contributed by atoms with van der Waals surface area (Å²) in [6.07, 6.45) is 4.26. The minimum absolute atomic E-state index is 0.116. The summed E-state index contributed by atoms with van der Waals surface area (Å²) in [6, 6.07) is 6.10. The van der Waals surface area contributed by atoms with Crippen molar-refractivity contribution in [1.29, 1.82) is 0 Å². The lowest BCUT2D eigenvalue weighted by Gasteiger charge is -2.26. The largest absolute Gasteiger partial charge is 0.379 e. The van der Waals surface area contributed by atoms with Gasteiger partial charge in [0.25, 0.3) is 5.91 Å². The number of nitrogens with one attached hydrogen (secondary N) is 1. The van der Waals surface area contributed by atoms with Gasteiger partial charge in [-0.05, 0) is 43.4 Å². The van der Waals surface area contributed by atoms with Gasteiger partial charge in [-0.25, -0.2) is 13.8 Å². The monoisotopic (exact) mass is 379 g/mol. The smallest absolute Gasteiger partial charge is 0.271 e. The standard InChI is InChI=1S/C18H25N3O4S/c1-14-5-2-3-8-17(14)19-20-18(22)15-6-4-7-16(13-15)26(23,24)21-9-11-25-12-10-21/h4,6-7,13-14H,2-3,5,8-12H2,1H3,(H,20,22)/b19-17+. The molecule has 1 aromatic carbocycles. The van der Waals surface area contributed by atoms with Crippen molar-refractivity contribution >= 4 is 21.6 Å². The third kappa shape index (κ3) is 4.31. The van der Waals surface area contributed by atoms with E-state index >= 15 is 0 Å². The van der Waals surface area contributed by atoms with Gasteiger partial charge < -0.3 is 4.74 Å². The summed E-state index contributed by atoms with van der Waals surface area (Å²) in [5, 5.41) is 4.26. The van der Waals surface area contributed by atoms with Crippen LogP contribution in [0, 0.1) is 5.92 Å². The number of sulfonamides is 1. The molecular formula is C18H25N3O4S. The highest BCUT2D eigenvalue weighted by Gasteiger charge is 2.27. The average Bonchev–Trinajstić information content (AvgIpc) is 2.68. The van der Waals surface area contributed by atoms with E-state index in [9.17, 15) is 13.2 Å². The Kier molecular flexibility index (Phi) is 6.05. The zero-order valence-corrected chi connectivity index (χ0v) is 15.8. The Bertz CT molecular complexity index is 785. The summed E-state index contributed by atoms with van der Waals surface area (Å²) < 4.78 is 32.0. The van der Waals surface area contributed by atoms with Gasteiger partial charge >= 0.3 is 0 Å². The molecule has 0 bridgehead atoms. The summed E-state index contributed by atoms with van der Waals surface area (Å²) in [7, 11) is -3.62. The van der Waals surface area contributed by atoms with Crippen molar-refractivity contribution in [3.05, 3.63) is 29.8 Å². The summed E-state index contributed by atoms with van der Waals surface area (Å²) in [4.78, 5) is 12.5. The average molecular weight is 379 g/mol. The van der Waals surface area contributed by atoms with Crippen LogP contribution >= 0.6 is 0 Å². The van der Waals surface area contributed by atoms with E-state index in [2.05, 4.69) is 17.5 Å². The van der Waals surface area contributed by atoms with E-state index in [4.69, 9.17) is 4.74 Å². The highest BCUT2D eigenvalue weighted by atomic mass is 32.2. The molecule has 26 heavy (non-hydrogen) atoms. The second-order valence-electron chi connectivity index (χ2n) is 6.74. The van der Waals surface area contributed by atoms with E-state index in [0.717, 1.165) is 25.0 Å². The molecular weight excluding hydrogens is 354 g/mol. The topological polar surface area (TPSA) is 88.1 Å². The van der Waals surface area contributed by atoms with Crippen molar-refractivity contribution < 1.29 is 17.9 Å². The van der Waals surface area contributed by atoms with Crippen molar-refractivity contribution in [2.45, 2.75) is 37.5 Å². The van der Waals surface area contributed by atoms with Crippen LogP contribution in [-0.4, -0.2) is 50.6 Å². The van der Waals surface area contributed by atoms with E-state index in [-0.39, 0.29) is 10.5 Å². The van der Waals surface area contributed by atoms with Crippen molar-refractivity contribution in [1.82, 2.24) is 9.73 Å². The minimum Gasteiger partial charge on any atom is -0.379 e. The van der Waals surface area contributed by atoms with Gasteiger partial charge in [0.05, 0.1) is 18.1 Å². The molecule has 1 aromatic rings. The van der Waals surface area contributed by atoms with Crippen LogP contribution in [0.25, 0.3) is 0 Å². The molecule has 1 saturated carbocycles. The number of morpholine rings is 1. The second kappa shape index (κ2) is 8.28. The van der Waals surface area contributed by atoms with E-state index in [1.807, 2.05) is 0 Å². The lowest BCUT2D eigenvalue weighted by atomic mass is 9.89. The third-order valence-corrected chi connectivity index (χ3v) is 6.79. The zero-order chi connectivity index (χ0) is 18.6. The summed E-state index contributed by atoms with van der Waals surface area (Å²) >= 11 is 0. The van der Waals surface area contributed by atoms with Crippen LogP contribution < -0.4 is 5.43 Å². The fourth-order valence-corrected chi connectivity index (χ4v) is 4.71. The number of ether oxygens (including phenoxy) is 1. The summed E-state index contributed by atoms with van der Waals surface area (Å²) in [5.74, 6) is -0.0219. The van der Waals surface area contributed by atoms with Crippen LogP contribution in [0.2, 0.25) is 0 Å². The summed E-state index contributed by atoms with van der Waals surface area (Å²) in [5.41, 5.74) is 3.86. The van der Waals surface area contributed by atoms with Crippen molar-refractivity contribution in [3.8, 4) is 0 Å². The predicted octanol–water partition coefficient (Wildman–Crippen LogP) is 2.00. The molecule has 1 aliphatic heterocycles. The van der Waals surface area contributed by atoms with E-state index in [0.29, 0.717) is 32.2 Å². The van der Waals surface area contributed by atoms with Crippen molar-refractivity contribution in [3.63, 3.8) is 0 Å². The Balaban J connectivity index is 1.74. The number of carbonyl (C=O) groups excluding carboxylic acids is 1. The SMILES string of the molecule is CC1CCCC/C1=N\NC(=O)c1cccc(S(=O)(=O)N2CCOCC2)c1. The molecule has 2 aliphatic rings. The second-order valence-corrected chi connectivity index (χ2v) is 8.67. The van der Waals surface area contributed by atoms with E-state index in [1.165, 1.54) is 22.9 Å². The van der Waals surface area contributed by atoms with Crippen LogP contribution in [0.4, 0.5) is 0 Å². The maximum absolute atomic E-state index is 12.7. The van der Waals surface area contributed by atoms with Crippen molar-refractivity contribution in [2.75, 3.05) is 26.3 Å². The number of hydrazone groups is 1. The van der Waals surface area contributed by atoms with Gasteiger partial charge in [0, 0.05) is 24.4 Å². The quantitative estimate of drug-likeness (QED) is 0.811. The number of amides is 1. The Morgan fingerprint density at radius 3 is 2.77 bits per heavy atom. The molecule has 0 radical (unpaired) electrons. The lowest BCUT2D eigenvalue weighted by Crippen LogP contribution is -2.40. The zero-order valence-electron chi connectivity index (χ0n) is 15.0. The minimum atomic E-state index is -3.62. The molecule has 0 aromatic heterocycles. The fraction of sp³-hybridized carbons (Fsp3) is 0.556. The van der Waals surface area contributed by atoms with Crippen LogP contribution in [0.5, 0.6) is 0 Å². The van der Waals surface area contributed by atoms with E-state index < -0.39 is 15.9 Å². The van der Waals surface area contributed by atoms with Gasteiger partial charge in [-0.3, -0.25) is 4.79 Å². The van der Waals surface area contributed by atoms with Gasteiger partial charge in [0.15, 0.2) is 0 Å². The number of hydrogen-bond acceptors (Lipinski definition) is 5. The van der Waals surface area contributed by atoms with Gasteiger partial charge in [-0.1, -0.05) is 19.4 Å². The highest BCUT2D eigenvalue weighted by molar-refractivity contribution is 7.89. The maximum atomic E-state index is 12.7. The van der Waals surface area contributed by atoms with Crippen LogP contribution in [0.15, 0.2) is 34.3 Å². The lowest BCUT2D eigenvalue weighted by molar-refractivity contribution is 0.0730. The van der Waals surface area contributed by atoms with Crippen LogP contribution in [-0.2, 0) is 14.8 Å². The first-order valence-electron chi connectivity index (χ1n) is 9.03. The van der Waals surface area contributed by atoms with E-state index in [1.54, 1.807) is 12.1 Å². The molecule has 8 heteroatoms. The number of hydrogen-bond donors (Lipinski definition) is 1. The molecule has 1 amide bonds. The molecule has 142 valence electrons. The number of rotatable bonds is 4. The van der Waals surface area contributed by atoms with Crippen LogP contribution in [0.3, 0.4) is 0 Å². The highest BCUT2D eigenvalue weighted by Crippen LogP contribution is 2.21. The first-order chi connectivity index (χ1) is 12.5. The molecule has 1 aliphatic carbocycles. The Morgan fingerprint density at radius 2 is 2.04 bits per heavy atom. The number of carbonyl (C=O) groups is 1. The molecule has 2 fully saturated rings. The molecule has 7 nitrogen and oxygen atoms in total. The Labute approximate surface area is 154 Å². The third-order valence-electron chi connectivity index (χ3n) is 4.89. The molecule has 3 rings (SSSR count). The molecule has 1 saturated heterocycles. The van der Waals surface area contributed by atoms with Gasteiger partial charge in [-0.2, -0.15) is 9.41 Å². The van der Waals surface area contributed by atoms with Crippen molar-refractivity contribution in [2.24, 2.45) is 11.0 Å². The molecule has 1 unspecified atom stereocenters. The molecule has 0 spiro atoms. The maximum Gasteiger partial charge on any atom is 0.271 e. The molecule has 1 atom stereocenters. The fourth-order valence-electron chi connectivity index (χ4n) is 3.26. The Hall–Kier alpha value is -1.77. The normalized spacial score (nSPS) is 23.7. The number of nitrogens with zero attached hydrogens (tertiary/aromatic N) is 2.